The van der Waals surface area contributed by atoms with Crippen LogP contribution in [0.2, 0.25) is 0 Å². The molecule has 0 N–H and O–H groups in total. The van der Waals surface area contributed by atoms with Gasteiger partial charge in [0.2, 0.25) is 5.71 Å². The molecule has 7 aromatic carbocycles. The van der Waals surface area contributed by atoms with Gasteiger partial charge in [0.25, 0.3) is 0 Å². The topological polar surface area (TPSA) is 90.7 Å². The Morgan fingerprint density at radius 2 is 0.893 bits per heavy atom. The summed E-state index contributed by atoms with van der Waals surface area (Å²) in [5.41, 5.74) is 12.2. The molecule has 0 fully saturated rings. The molecule has 7 nitrogen and oxygen atoms in total. The number of benzene rings is 7. The number of fused-ring (bicyclic) bond motifs is 6. The fraction of sp³-hybridized carbons (Fsp3) is 0. The Balaban J connectivity index is 1.16. The minimum Gasteiger partial charge on any atom is -0.456 e. The van der Waals surface area contributed by atoms with E-state index in [0.29, 0.717) is 39.8 Å². The average molecular weight is 720 g/mol. The molecule has 0 aliphatic carbocycles. The Morgan fingerprint density at radius 3 is 1.61 bits per heavy atom. The van der Waals surface area contributed by atoms with E-state index in [1.165, 1.54) is 0 Å². The van der Waals surface area contributed by atoms with Gasteiger partial charge in [0, 0.05) is 39.7 Å². The van der Waals surface area contributed by atoms with Crippen molar-refractivity contribution in [2.75, 3.05) is 0 Å². The second-order valence-corrected chi connectivity index (χ2v) is 13.7. The van der Waals surface area contributed by atoms with Crippen molar-refractivity contribution in [3.8, 4) is 67.5 Å². The van der Waals surface area contributed by atoms with Gasteiger partial charge < -0.3 is 8.83 Å². The van der Waals surface area contributed by atoms with E-state index in [2.05, 4.69) is 83.8 Å². The van der Waals surface area contributed by atoms with Gasteiger partial charge in [0.05, 0.1) is 5.56 Å². The van der Waals surface area contributed by atoms with Gasteiger partial charge in [0.15, 0.2) is 17.5 Å². The molecule has 0 saturated carbocycles. The summed E-state index contributed by atoms with van der Waals surface area (Å²) in [4.78, 5) is 24.8. The number of aromatic nitrogens is 5. The van der Waals surface area contributed by atoms with E-state index in [0.717, 1.165) is 71.8 Å². The van der Waals surface area contributed by atoms with E-state index < -0.39 is 0 Å². The second kappa shape index (κ2) is 13.0. The third kappa shape index (κ3) is 5.49. The third-order valence-corrected chi connectivity index (χ3v) is 10.2. The van der Waals surface area contributed by atoms with Crippen molar-refractivity contribution in [3.05, 3.63) is 176 Å². The zero-order valence-corrected chi connectivity index (χ0v) is 29.8. The van der Waals surface area contributed by atoms with Gasteiger partial charge >= 0.3 is 0 Å². The van der Waals surface area contributed by atoms with Gasteiger partial charge in [-0.15, -0.1) is 0 Å². The summed E-state index contributed by atoms with van der Waals surface area (Å²) in [6.07, 6.45) is 3.33. The largest absolute Gasteiger partial charge is 0.456 e. The van der Waals surface area contributed by atoms with Crippen LogP contribution in [0, 0.1) is 0 Å². The van der Waals surface area contributed by atoms with Gasteiger partial charge in [0.1, 0.15) is 22.3 Å². The summed E-state index contributed by atoms with van der Waals surface area (Å²) in [7, 11) is 0. The number of nitrogens with zero attached hydrogens (tertiary/aromatic N) is 5. The van der Waals surface area contributed by atoms with E-state index in [4.69, 9.17) is 28.8 Å². The number of hydrogen-bond acceptors (Lipinski definition) is 7. The predicted octanol–water partition coefficient (Wildman–Crippen LogP) is 12.5. The van der Waals surface area contributed by atoms with Crippen LogP contribution in [0.25, 0.3) is 112 Å². The molecule has 4 aromatic heterocycles. The van der Waals surface area contributed by atoms with Crippen molar-refractivity contribution >= 4 is 44.1 Å². The Labute approximate surface area is 320 Å². The molecule has 0 aliphatic rings. The lowest BCUT2D eigenvalue weighted by Crippen LogP contribution is -2.01. The van der Waals surface area contributed by atoms with Crippen LogP contribution < -0.4 is 0 Å². The van der Waals surface area contributed by atoms with Crippen molar-refractivity contribution in [3.63, 3.8) is 0 Å². The van der Waals surface area contributed by atoms with Crippen LogP contribution in [0.5, 0.6) is 0 Å². The van der Waals surface area contributed by atoms with Crippen LogP contribution in [0.15, 0.2) is 185 Å². The maximum absolute atomic E-state index is 6.50. The molecule has 0 amide bonds. The van der Waals surface area contributed by atoms with Crippen LogP contribution in [-0.2, 0) is 0 Å². The Morgan fingerprint density at radius 1 is 0.339 bits per heavy atom. The highest BCUT2D eigenvalue weighted by Crippen LogP contribution is 2.40. The highest BCUT2D eigenvalue weighted by molar-refractivity contribution is 6.10. The molecule has 11 rings (SSSR count). The minimum absolute atomic E-state index is 0.442. The molecule has 0 saturated heterocycles. The van der Waals surface area contributed by atoms with Crippen molar-refractivity contribution in [1.82, 2.24) is 24.9 Å². The smallest absolute Gasteiger partial charge is 0.246 e. The minimum atomic E-state index is 0.442. The number of para-hydroxylation sites is 1. The molecule has 262 valence electrons. The van der Waals surface area contributed by atoms with Gasteiger partial charge in [-0.05, 0) is 75.8 Å². The van der Waals surface area contributed by atoms with Crippen LogP contribution in [0.3, 0.4) is 0 Å². The molecular weight excluding hydrogens is 691 g/mol. The summed E-state index contributed by atoms with van der Waals surface area (Å²) < 4.78 is 12.7. The van der Waals surface area contributed by atoms with Crippen LogP contribution in [0.4, 0.5) is 0 Å². The van der Waals surface area contributed by atoms with Gasteiger partial charge in [-0.1, -0.05) is 121 Å². The number of rotatable bonds is 6. The highest BCUT2D eigenvalue weighted by Gasteiger charge is 2.21. The lowest BCUT2D eigenvalue weighted by molar-refractivity contribution is 0.653. The Kier molecular flexibility index (Phi) is 7.35. The summed E-state index contributed by atoms with van der Waals surface area (Å²) >= 11 is 0. The molecule has 0 atom stereocenters. The number of furan rings is 2. The summed E-state index contributed by atoms with van der Waals surface area (Å²) in [5, 5.41) is 2.92. The molecule has 4 heterocycles. The van der Waals surface area contributed by atoms with E-state index >= 15 is 0 Å². The summed E-state index contributed by atoms with van der Waals surface area (Å²) in [6, 6.07) is 55.9. The Hall–Kier alpha value is -7.77. The molecule has 0 spiro atoms. The first-order valence-corrected chi connectivity index (χ1v) is 18.4. The zero-order chi connectivity index (χ0) is 37.0. The molecular formula is C49H29N5O2. The van der Waals surface area contributed by atoms with Crippen molar-refractivity contribution < 1.29 is 8.83 Å². The standard InChI is InChI=1S/C49H29N5O2/c1-3-11-30(12-4-1)32-15-9-17-35(25-32)46-52-47(36-18-10-16-33(26-36)31-13-5-2-6-14-31)54-48(53-46)41-29-37(28-40-44-49(56-45(40)41)51-24-23-50-44)34-21-22-43-39(27-34)38-19-7-8-20-42(38)55-43/h1-29H. The molecule has 7 heteroatoms. The lowest BCUT2D eigenvalue weighted by atomic mass is 9.98. The SMILES string of the molecule is c1ccc(-c2cccc(-c3nc(-c4cccc(-c5ccccc5)c4)nc(-c4cc(-c5ccc6oc7ccccc7c6c5)cc5c4oc4nccnc45)n3)c2)cc1. The number of hydrogen-bond donors (Lipinski definition) is 0. The maximum Gasteiger partial charge on any atom is 0.246 e. The van der Waals surface area contributed by atoms with Crippen LogP contribution in [0.1, 0.15) is 0 Å². The zero-order valence-electron chi connectivity index (χ0n) is 29.8. The fourth-order valence-electron chi connectivity index (χ4n) is 7.53. The quantitative estimate of drug-likeness (QED) is 0.169. The molecule has 0 unspecified atom stereocenters. The van der Waals surface area contributed by atoms with Crippen molar-refractivity contribution in [1.29, 1.82) is 0 Å². The normalized spacial score (nSPS) is 11.6. The highest BCUT2D eigenvalue weighted by atomic mass is 16.3. The molecule has 0 aliphatic heterocycles. The first-order valence-electron chi connectivity index (χ1n) is 18.4. The molecule has 0 bridgehead atoms. The van der Waals surface area contributed by atoms with Gasteiger partial charge in [-0.3, -0.25) is 0 Å². The van der Waals surface area contributed by atoms with E-state index in [-0.39, 0.29) is 0 Å². The molecule has 56 heavy (non-hydrogen) atoms. The van der Waals surface area contributed by atoms with Crippen LogP contribution in [-0.4, -0.2) is 24.9 Å². The van der Waals surface area contributed by atoms with Crippen molar-refractivity contribution in [2.24, 2.45) is 0 Å². The van der Waals surface area contributed by atoms with Crippen LogP contribution >= 0.6 is 0 Å². The van der Waals surface area contributed by atoms with Gasteiger partial charge in [-0.25, -0.2) is 24.9 Å². The van der Waals surface area contributed by atoms with E-state index in [9.17, 15) is 0 Å². The monoisotopic (exact) mass is 719 g/mol. The average Bonchev–Trinajstić information content (AvgIpc) is 3.85. The Bertz CT molecular complexity index is 3160. The first kappa shape index (κ1) is 31.7. The van der Waals surface area contributed by atoms with E-state index in [1.807, 2.05) is 84.9 Å². The second-order valence-electron chi connectivity index (χ2n) is 13.7. The summed E-state index contributed by atoms with van der Waals surface area (Å²) in [5.74, 6) is 1.57. The maximum atomic E-state index is 6.50. The summed E-state index contributed by atoms with van der Waals surface area (Å²) in [6.45, 7) is 0. The van der Waals surface area contributed by atoms with Gasteiger partial charge in [-0.2, -0.15) is 0 Å². The fourth-order valence-corrected chi connectivity index (χ4v) is 7.53. The first-order chi connectivity index (χ1) is 27.7. The molecule has 11 aromatic rings. The third-order valence-electron chi connectivity index (χ3n) is 10.2. The lowest BCUT2D eigenvalue weighted by Gasteiger charge is -2.12. The molecule has 0 radical (unpaired) electrons. The predicted molar refractivity (Wildman–Crippen MR) is 223 cm³/mol. The van der Waals surface area contributed by atoms with Crippen molar-refractivity contribution in [2.45, 2.75) is 0 Å². The van der Waals surface area contributed by atoms with E-state index in [1.54, 1.807) is 12.4 Å².